The predicted molar refractivity (Wildman–Crippen MR) is 114 cm³/mol. The zero-order chi connectivity index (χ0) is 18.2. The van der Waals surface area contributed by atoms with Crippen LogP contribution in [0.3, 0.4) is 0 Å². The molecule has 1 aromatic carbocycles. The number of benzene rings is 1. The van der Waals surface area contributed by atoms with Crippen molar-refractivity contribution in [2.45, 2.75) is 26.9 Å². The summed E-state index contributed by atoms with van der Waals surface area (Å²) in [4.78, 5) is 6.41. The Labute approximate surface area is 168 Å². The van der Waals surface area contributed by atoms with Crippen LogP contribution in [0.1, 0.15) is 20.8 Å². The topological polar surface area (TPSA) is 48.9 Å². The van der Waals surface area contributed by atoms with Crippen LogP contribution in [0.4, 0.5) is 4.39 Å². The van der Waals surface area contributed by atoms with Crippen molar-refractivity contribution >= 4 is 29.9 Å². The van der Waals surface area contributed by atoms with E-state index in [0.717, 1.165) is 19.0 Å². The van der Waals surface area contributed by atoms with Crippen LogP contribution in [0.15, 0.2) is 29.3 Å². The maximum atomic E-state index is 12.9. The van der Waals surface area contributed by atoms with Crippen molar-refractivity contribution in [1.82, 2.24) is 15.5 Å². The highest BCUT2D eigenvalue weighted by molar-refractivity contribution is 14.0. The molecule has 0 aliphatic carbocycles. The van der Waals surface area contributed by atoms with E-state index in [2.05, 4.69) is 48.5 Å². The third-order valence-electron chi connectivity index (χ3n) is 3.41. The van der Waals surface area contributed by atoms with Crippen molar-refractivity contribution in [3.05, 3.63) is 30.1 Å². The molecular weight excluding hydrogens is 434 g/mol. The number of rotatable bonds is 8. The summed E-state index contributed by atoms with van der Waals surface area (Å²) in [6, 6.07) is 6.04. The van der Waals surface area contributed by atoms with Gasteiger partial charge in [-0.25, -0.2) is 4.39 Å². The summed E-state index contributed by atoms with van der Waals surface area (Å²) in [6.07, 6.45) is -0.0659. The Hall–Kier alpha value is -1.09. The van der Waals surface area contributed by atoms with Gasteiger partial charge in [0, 0.05) is 20.1 Å². The van der Waals surface area contributed by atoms with E-state index in [-0.39, 0.29) is 41.3 Å². The van der Waals surface area contributed by atoms with Crippen LogP contribution in [-0.4, -0.2) is 57.7 Å². The fourth-order valence-corrected chi connectivity index (χ4v) is 2.48. The molecule has 0 heterocycles. The van der Waals surface area contributed by atoms with Gasteiger partial charge in [0.25, 0.3) is 0 Å². The Balaban J connectivity index is 0.00000576. The monoisotopic (exact) mass is 466 g/mol. The minimum atomic E-state index is -0.266. The lowest BCUT2D eigenvalue weighted by Crippen LogP contribution is -2.46. The first-order chi connectivity index (χ1) is 11.2. The van der Waals surface area contributed by atoms with Crippen LogP contribution >= 0.6 is 24.0 Å². The van der Waals surface area contributed by atoms with Crippen molar-refractivity contribution in [2.24, 2.45) is 10.4 Å². The van der Waals surface area contributed by atoms with Crippen LogP contribution in [0.5, 0.6) is 5.75 Å². The van der Waals surface area contributed by atoms with Crippen LogP contribution in [0.2, 0.25) is 0 Å². The summed E-state index contributed by atoms with van der Waals surface area (Å²) in [6.45, 7) is 8.80. The number of ether oxygens (including phenoxy) is 1. The van der Waals surface area contributed by atoms with Gasteiger partial charge in [-0.05, 0) is 50.7 Å². The van der Waals surface area contributed by atoms with Crippen LogP contribution < -0.4 is 15.4 Å². The van der Waals surface area contributed by atoms with Crippen molar-refractivity contribution in [2.75, 3.05) is 40.8 Å². The van der Waals surface area contributed by atoms with Crippen molar-refractivity contribution in [3.8, 4) is 5.75 Å². The maximum absolute atomic E-state index is 12.9. The molecule has 144 valence electrons. The zero-order valence-corrected chi connectivity index (χ0v) is 18.4. The molecule has 0 fully saturated rings. The highest BCUT2D eigenvalue weighted by atomic mass is 127. The van der Waals surface area contributed by atoms with Crippen molar-refractivity contribution in [3.63, 3.8) is 0 Å². The molecule has 1 unspecified atom stereocenters. The Bertz CT molecular complexity index is 520. The van der Waals surface area contributed by atoms with Gasteiger partial charge in [0.2, 0.25) is 0 Å². The molecule has 25 heavy (non-hydrogen) atoms. The zero-order valence-electron chi connectivity index (χ0n) is 16.1. The summed E-state index contributed by atoms with van der Waals surface area (Å²) < 4.78 is 18.6. The highest BCUT2D eigenvalue weighted by Crippen LogP contribution is 2.14. The molecule has 0 saturated heterocycles. The number of hydrogen-bond acceptors (Lipinski definition) is 3. The Morgan fingerprint density at radius 2 is 1.84 bits per heavy atom. The second-order valence-corrected chi connectivity index (χ2v) is 7.09. The standard InChI is InChI=1S/C18H31FN4O.HI/c1-14(24-16-9-7-15(19)8-10-16)11-21-17(20-4)22-12-18(2,3)13-23(5)6;/h7-10,14H,11-13H2,1-6H3,(H2,20,21,22);1H. The van der Waals surface area contributed by atoms with Crippen LogP contribution in [-0.2, 0) is 0 Å². The van der Waals surface area contributed by atoms with E-state index in [1.807, 2.05) is 6.92 Å². The average Bonchev–Trinajstić information content (AvgIpc) is 2.48. The van der Waals surface area contributed by atoms with Gasteiger partial charge in [-0.3, -0.25) is 4.99 Å². The average molecular weight is 466 g/mol. The largest absolute Gasteiger partial charge is 0.489 e. The maximum Gasteiger partial charge on any atom is 0.191 e. The highest BCUT2D eigenvalue weighted by Gasteiger charge is 2.19. The van der Waals surface area contributed by atoms with Gasteiger partial charge in [0.05, 0.1) is 6.54 Å². The smallest absolute Gasteiger partial charge is 0.191 e. The van der Waals surface area contributed by atoms with Crippen molar-refractivity contribution < 1.29 is 9.13 Å². The molecule has 7 heteroatoms. The first-order valence-electron chi connectivity index (χ1n) is 8.23. The number of guanidine groups is 1. The van der Waals surface area contributed by atoms with E-state index in [1.165, 1.54) is 12.1 Å². The summed E-state index contributed by atoms with van der Waals surface area (Å²) in [5.74, 6) is 1.13. The van der Waals surface area contributed by atoms with Gasteiger partial charge >= 0.3 is 0 Å². The van der Waals surface area contributed by atoms with E-state index in [9.17, 15) is 4.39 Å². The van der Waals surface area contributed by atoms with Crippen LogP contribution in [0.25, 0.3) is 0 Å². The molecule has 2 N–H and O–H groups in total. The number of halogens is 2. The lowest BCUT2D eigenvalue weighted by Gasteiger charge is -2.29. The molecule has 0 radical (unpaired) electrons. The number of nitrogens with one attached hydrogen (secondary N) is 2. The summed E-state index contributed by atoms with van der Waals surface area (Å²) in [7, 11) is 5.90. The third kappa shape index (κ3) is 10.5. The van der Waals surface area contributed by atoms with E-state index in [4.69, 9.17) is 4.74 Å². The number of hydrogen-bond donors (Lipinski definition) is 2. The van der Waals surface area contributed by atoms with Crippen molar-refractivity contribution in [1.29, 1.82) is 0 Å². The van der Waals surface area contributed by atoms with E-state index < -0.39 is 0 Å². The second kappa shape index (κ2) is 11.5. The first kappa shape index (κ1) is 23.9. The van der Waals surface area contributed by atoms with E-state index >= 15 is 0 Å². The molecule has 1 rings (SSSR count). The quantitative estimate of drug-likeness (QED) is 0.352. The SMILES string of the molecule is CN=C(NCC(C)Oc1ccc(F)cc1)NCC(C)(C)CN(C)C.I. The molecule has 1 aromatic rings. The Morgan fingerprint density at radius 1 is 1.24 bits per heavy atom. The Kier molecular flexibility index (Phi) is 11.0. The fourth-order valence-electron chi connectivity index (χ4n) is 2.48. The Morgan fingerprint density at radius 3 is 2.36 bits per heavy atom. The molecule has 0 spiro atoms. The first-order valence-corrected chi connectivity index (χ1v) is 8.23. The molecule has 1 atom stereocenters. The van der Waals surface area contributed by atoms with Gasteiger partial charge in [0.15, 0.2) is 5.96 Å². The van der Waals surface area contributed by atoms with E-state index in [1.54, 1.807) is 19.2 Å². The summed E-state index contributed by atoms with van der Waals surface area (Å²) in [5.41, 5.74) is 0.136. The number of aliphatic imine (C=N–C) groups is 1. The molecule has 0 saturated carbocycles. The summed E-state index contributed by atoms with van der Waals surface area (Å²) in [5, 5.41) is 6.60. The van der Waals surface area contributed by atoms with Crippen LogP contribution in [0, 0.1) is 11.2 Å². The third-order valence-corrected chi connectivity index (χ3v) is 3.41. The molecule has 5 nitrogen and oxygen atoms in total. The minimum Gasteiger partial charge on any atom is -0.489 e. The summed E-state index contributed by atoms with van der Waals surface area (Å²) >= 11 is 0. The normalized spacial score (nSPS) is 13.2. The van der Waals surface area contributed by atoms with Gasteiger partial charge in [-0.15, -0.1) is 24.0 Å². The lowest BCUT2D eigenvalue weighted by molar-refractivity contribution is 0.222. The molecule has 0 aliphatic rings. The van der Waals surface area contributed by atoms with Gasteiger partial charge in [-0.1, -0.05) is 13.8 Å². The second-order valence-electron chi connectivity index (χ2n) is 7.09. The molecule has 0 aliphatic heterocycles. The lowest BCUT2D eigenvalue weighted by atomic mass is 9.93. The predicted octanol–water partition coefficient (Wildman–Crippen LogP) is 2.96. The van der Waals surface area contributed by atoms with Gasteiger partial charge in [-0.2, -0.15) is 0 Å². The van der Waals surface area contributed by atoms with Gasteiger partial charge < -0.3 is 20.3 Å². The number of nitrogens with zero attached hydrogens (tertiary/aromatic N) is 2. The molecule has 0 amide bonds. The fraction of sp³-hybridized carbons (Fsp3) is 0.611. The molecule has 0 bridgehead atoms. The molecular formula is C18H32FIN4O. The van der Waals surface area contributed by atoms with Gasteiger partial charge in [0.1, 0.15) is 17.7 Å². The molecule has 0 aromatic heterocycles. The van der Waals surface area contributed by atoms with E-state index in [0.29, 0.717) is 12.3 Å². The minimum absolute atomic E-state index is 0.